The average molecular weight is 611 g/mol. The second kappa shape index (κ2) is 14.2. The molecule has 4 fully saturated rings. The molecule has 1 aromatic rings. The number of methoxy groups -OCH3 is 1. The van der Waals surface area contributed by atoms with Gasteiger partial charge in [0.2, 0.25) is 5.91 Å². The Bertz CT molecular complexity index is 993. The molecule has 2 bridgehead atoms. The summed E-state index contributed by atoms with van der Waals surface area (Å²) in [7, 11) is -0.922. The van der Waals surface area contributed by atoms with Crippen molar-refractivity contribution < 1.29 is 18.6 Å². The molecule has 5 rings (SSSR count). The van der Waals surface area contributed by atoms with Gasteiger partial charge in [-0.05, 0) is 93.7 Å². The van der Waals surface area contributed by atoms with Crippen LogP contribution in [0.5, 0.6) is 0 Å². The van der Waals surface area contributed by atoms with Crippen LogP contribution in [0.1, 0.15) is 88.5 Å². The largest absolute Gasteiger partial charge is 0.381 e. The Balaban J connectivity index is 1.23. The zero-order valence-electron chi connectivity index (χ0n) is 24.6. The monoisotopic (exact) mass is 610 g/mol. The van der Waals surface area contributed by atoms with E-state index in [4.69, 9.17) is 22.1 Å². The highest BCUT2D eigenvalue weighted by Crippen LogP contribution is 2.49. The summed E-state index contributed by atoms with van der Waals surface area (Å²) in [6.45, 7) is 1.51. The number of carbonyl (C=O) groups excluding carboxylic acids is 1. The maximum atomic E-state index is 13.8. The summed E-state index contributed by atoms with van der Waals surface area (Å²) in [6, 6.07) is 7.79. The van der Waals surface area contributed by atoms with Gasteiger partial charge < -0.3 is 21.1 Å². The first-order chi connectivity index (χ1) is 19.7. The molecule has 232 valence electrons. The molecule has 1 aromatic carbocycles. The highest BCUT2D eigenvalue weighted by molar-refractivity contribution is 8.22. The molecule has 1 amide bonds. The molecule has 2 saturated carbocycles. The van der Waals surface area contributed by atoms with Gasteiger partial charge in [-0.3, -0.25) is 13.9 Å². The molecule has 0 spiro atoms. The van der Waals surface area contributed by atoms with Crippen LogP contribution in [0, 0.1) is 11.8 Å². The molecule has 2 aliphatic heterocycles. The third-order valence-corrected chi connectivity index (χ3v) is 12.7. The van der Waals surface area contributed by atoms with Gasteiger partial charge in [-0.15, -0.1) is 10.8 Å². The summed E-state index contributed by atoms with van der Waals surface area (Å²) in [4.78, 5) is 13.8. The lowest BCUT2D eigenvalue weighted by molar-refractivity contribution is -0.124. The summed E-state index contributed by atoms with van der Waals surface area (Å²) >= 11 is 6.20. The fourth-order valence-electron chi connectivity index (χ4n) is 8.01. The number of nitrogens with two attached hydrogens (primary N) is 1. The minimum Gasteiger partial charge on any atom is -0.381 e. The minimum absolute atomic E-state index is 0.0559. The number of ether oxygens (including phenoxy) is 1. The van der Waals surface area contributed by atoms with Gasteiger partial charge in [0.15, 0.2) is 0 Å². The van der Waals surface area contributed by atoms with Crippen LogP contribution in [-0.4, -0.2) is 75.5 Å². The van der Waals surface area contributed by atoms with E-state index in [1.165, 1.54) is 6.42 Å². The van der Waals surface area contributed by atoms with Gasteiger partial charge in [0.05, 0.1) is 17.9 Å². The first-order valence-electron chi connectivity index (χ1n) is 15.9. The van der Waals surface area contributed by atoms with Crippen LogP contribution in [0.15, 0.2) is 24.3 Å². The van der Waals surface area contributed by atoms with Gasteiger partial charge in [-0.25, -0.2) is 4.31 Å². The number of rotatable bonds is 9. The second-order valence-electron chi connectivity index (χ2n) is 12.9. The molecule has 6 N–H and O–H groups in total. The van der Waals surface area contributed by atoms with Crippen molar-refractivity contribution in [3.63, 3.8) is 0 Å². The van der Waals surface area contributed by atoms with Crippen LogP contribution >= 0.6 is 22.4 Å². The van der Waals surface area contributed by atoms with Crippen LogP contribution in [0.2, 0.25) is 5.02 Å². The van der Waals surface area contributed by atoms with Crippen molar-refractivity contribution in [2.45, 2.75) is 113 Å². The highest BCUT2D eigenvalue weighted by Gasteiger charge is 2.40. The van der Waals surface area contributed by atoms with E-state index in [1.54, 1.807) is 7.11 Å². The molecule has 2 heterocycles. The lowest BCUT2D eigenvalue weighted by Crippen LogP contribution is -2.56. The number of amides is 1. The van der Waals surface area contributed by atoms with Crippen molar-refractivity contribution in [1.29, 1.82) is 0 Å². The Labute approximate surface area is 253 Å². The number of nitrogens with one attached hydrogen (secondary N) is 2. The third-order valence-electron chi connectivity index (χ3n) is 10.4. The summed E-state index contributed by atoms with van der Waals surface area (Å²) < 4.78 is 29.3. The zero-order chi connectivity index (χ0) is 29.0. The fraction of sp³-hybridized carbons (Fsp3) is 0.774. The predicted octanol–water partition coefficient (Wildman–Crippen LogP) is 5.51. The molecule has 4 aliphatic rings. The van der Waals surface area contributed by atoms with E-state index in [9.17, 15) is 13.9 Å². The van der Waals surface area contributed by atoms with E-state index in [-0.39, 0.29) is 30.0 Å². The highest BCUT2D eigenvalue weighted by atomic mass is 35.5. The van der Waals surface area contributed by atoms with Gasteiger partial charge in [0.1, 0.15) is 0 Å². The van der Waals surface area contributed by atoms with E-state index < -0.39 is 16.8 Å². The van der Waals surface area contributed by atoms with Crippen molar-refractivity contribution in [2.75, 3.05) is 26.0 Å². The van der Waals surface area contributed by atoms with Crippen molar-refractivity contribution >= 4 is 28.3 Å². The lowest BCUT2D eigenvalue weighted by Gasteiger charge is -2.49. The van der Waals surface area contributed by atoms with Crippen molar-refractivity contribution in [2.24, 2.45) is 17.6 Å². The van der Waals surface area contributed by atoms with E-state index in [2.05, 4.69) is 10.6 Å². The molecule has 0 aromatic heterocycles. The van der Waals surface area contributed by atoms with Crippen LogP contribution in [0.25, 0.3) is 0 Å². The molecular weight excluding hydrogens is 560 g/mol. The summed E-state index contributed by atoms with van der Waals surface area (Å²) in [5, 5.41) is 7.73. The molecule has 8 nitrogen and oxygen atoms in total. The van der Waals surface area contributed by atoms with Crippen LogP contribution in [-0.2, 0) is 9.53 Å². The number of hydrogen-bond acceptors (Lipinski definition) is 7. The first-order valence-corrected chi connectivity index (χ1v) is 17.9. The molecule has 2 saturated heterocycles. The van der Waals surface area contributed by atoms with Crippen molar-refractivity contribution in [1.82, 2.24) is 14.9 Å². The number of benzene rings is 1. The first kappa shape index (κ1) is 31.5. The zero-order valence-corrected chi connectivity index (χ0v) is 26.1. The van der Waals surface area contributed by atoms with Crippen LogP contribution in [0.3, 0.4) is 0 Å². The Morgan fingerprint density at radius 3 is 2.56 bits per heavy atom. The van der Waals surface area contributed by atoms with Gasteiger partial charge in [0.25, 0.3) is 0 Å². The Morgan fingerprint density at radius 2 is 1.83 bits per heavy atom. The van der Waals surface area contributed by atoms with E-state index in [0.717, 1.165) is 82.7 Å². The number of hydrogen-bond donors (Lipinski definition) is 5. The van der Waals surface area contributed by atoms with Gasteiger partial charge in [0, 0.05) is 49.3 Å². The van der Waals surface area contributed by atoms with Crippen LogP contribution < -0.4 is 16.4 Å². The molecule has 1 unspecified atom stereocenters. The average Bonchev–Trinajstić information content (AvgIpc) is 3.09. The Hall–Kier alpha value is -0.910. The van der Waals surface area contributed by atoms with Gasteiger partial charge in [-0.1, -0.05) is 36.6 Å². The molecule has 41 heavy (non-hydrogen) atoms. The van der Waals surface area contributed by atoms with E-state index in [1.807, 2.05) is 28.6 Å². The topological polar surface area (TPSA) is 120 Å². The molecule has 10 heteroatoms. The van der Waals surface area contributed by atoms with Gasteiger partial charge in [-0.2, -0.15) is 0 Å². The number of fused-ring (bicyclic) bond motifs is 2. The number of piperazine rings is 1. The summed E-state index contributed by atoms with van der Waals surface area (Å²) in [6.07, 6.45) is 12.3. The SMILES string of the molecule is COC1CCC([C@H](c2ccc(Cl)cc2)[C@H](N)C(=O)N[C@H]2CCCC[C@@H]2CC[C@H]2CN[C@@H]3CCCS(O)(O)N2C3)CC1. The Morgan fingerprint density at radius 1 is 1.10 bits per heavy atom. The Kier molecular flexibility index (Phi) is 11.0. The summed E-state index contributed by atoms with van der Waals surface area (Å²) in [5.41, 5.74) is 7.92. The quantitative estimate of drug-likeness (QED) is 0.250. The van der Waals surface area contributed by atoms with E-state index >= 15 is 0 Å². The third kappa shape index (κ3) is 7.79. The molecular formula is C31H51ClN4O4S. The maximum absolute atomic E-state index is 13.8. The van der Waals surface area contributed by atoms with E-state index in [0.29, 0.717) is 35.2 Å². The van der Waals surface area contributed by atoms with Crippen molar-refractivity contribution in [3.8, 4) is 0 Å². The van der Waals surface area contributed by atoms with Gasteiger partial charge >= 0.3 is 0 Å². The number of nitrogens with zero attached hydrogens (tertiary/aromatic N) is 1. The van der Waals surface area contributed by atoms with Crippen LogP contribution in [0.4, 0.5) is 0 Å². The normalized spacial score (nSPS) is 36.0. The number of carbonyl (C=O) groups is 1. The second-order valence-corrected chi connectivity index (χ2v) is 15.5. The molecule has 2 aliphatic carbocycles. The standard InChI is InChI=1S/C31H51ClN4O4S/c1-40-27-16-11-23(12-17-27)29(22-8-13-24(32)14-9-22)30(33)31(37)35-28-7-3-2-5-21(28)10-15-26-19-34-25-6-4-18-41(38,39)36(26)20-25/h8-9,13-14,21,23,25-30,34,38-39H,2-7,10-12,15-20,33H2,1H3,(H,35,37)/t21-,23?,25-,26+,27?,28+,29+,30+/m1/s1. The fourth-order valence-corrected chi connectivity index (χ4v) is 10.00. The lowest BCUT2D eigenvalue weighted by atomic mass is 9.72. The maximum Gasteiger partial charge on any atom is 0.237 e. The number of halogens is 1. The summed E-state index contributed by atoms with van der Waals surface area (Å²) in [5.74, 6) is 1.05. The minimum atomic E-state index is -2.70. The predicted molar refractivity (Wildman–Crippen MR) is 167 cm³/mol. The molecule has 7 atom stereocenters. The molecule has 0 radical (unpaired) electrons. The smallest absolute Gasteiger partial charge is 0.237 e. The van der Waals surface area contributed by atoms with Crippen molar-refractivity contribution in [3.05, 3.63) is 34.9 Å².